The molecule has 0 aliphatic carbocycles. The monoisotopic (exact) mass is 574 g/mol. The van der Waals surface area contributed by atoms with Gasteiger partial charge in [0.1, 0.15) is 29.0 Å². The summed E-state index contributed by atoms with van der Waals surface area (Å²) < 4.78 is 108. The van der Waals surface area contributed by atoms with Gasteiger partial charge in [-0.05, 0) is 18.2 Å². The lowest BCUT2D eigenvalue weighted by molar-refractivity contribution is -0.131. The molecule has 0 saturated carbocycles. The third kappa shape index (κ3) is 6.95. The minimum Gasteiger partial charge on any atom is -0.369 e. The van der Waals surface area contributed by atoms with Gasteiger partial charge < -0.3 is 10.6 Å². The van der Waals surface area contributed by atoms with Crippen molar-refractivity contribution in [2.45, 2.75) is 38.7 Å². The van der Waals surface area contributed by atoms with Crippen LogP contribution >= 0.6 is 0 Å². The Balaban J connectivity index is 1.90. The molecular formula is C23H18F8N8O. The maximum atomic E-state index is 14.2. The predicted molar refractivity (Wildman–Crippen MR) is 125 cm³/mol. The number of rotatable bonds is 8. The summed E-state index contributed by atoms with van der Waals surface area (Å²) in [5, 5.41) is 8.54. The highest BCUT2D eigenvalue weighted by atomic mass is 19.4. The van der Waals surface area contributed by atoms with Crippen molar-refractivity contribution in [1.29, 1.82) is 0 Å². The number of pyridine rings is 2. The number of hydrogen-bond donors (Lipinski definition) is 2. The van der Waals surface area contributed by atoms with E-state index >= 15 is 0 Å². The summed E-state index contributed by atoms with van der Waals surface area (Å²) in [5.74, 6) is -4.13. The highest BCUT2D eigenvalue weighted by Crippen LogP contribution is 2.34. The van der Waals surface area contributed by atoms with Crippen molar-refractivity contribution >= 4 is 28.6 Å². The highest BCUT2D eigenvalue weighted by Gasteiger charge is 2.33. The molecule has 1 amide bonds. The van der Waals surface area contributed by atoms with Crippen molar-refractivity contribution in [2.75, 3.05) is 17.2 Å². The second kappa shape index (κ2) is 11.0. The molecule has 0 spiro atoms. The molecule has 9 nitrogen and oxygen atoms in total. The average molecular weight is 574 g/mol. The molecule has 0 aromatic carbocycles. The zero-order valence-corrected chi connectivity index (χ0v) is 20.3. The number of hydrogen-bond acceptors (Lipinski definition) is 7. The Morgan fingerprint density at radius 1 is 1.02 bits per heavy atom. The zero-order valence-electron chi connectivity index (χ0n) is 20.3. The van der Waals surface area contributed by atoms with Crippen LogP contribution in [0.4, 0.5) is 46.8 Å². The first-order chi connectivity index (χ1) is 18.7. The van der Waals surface area contributed by atoms with E-state index in [4.69, 9.17) is 0 Å². The van der Waals surface area contributed by atoms with Gasteiger partial charge in [-0.1, -0.05) is 0 Å². The van der Waals surface area contributed by atoms with Crippen LogP contribution in [-0.4, -0.2) is 54.5 Å². The fourth-order valence-electron chi connectivity index (χ4n) is 3.68. The maximum absolute atomic E-state index is 14.2. The SMILES string of the molecule is CC(=O)Nc1nc(-c2nn(Cc3ncccc3F)c3ncc(F)cc23)nc(NCCC(F)(F)F)c1CC(F)(F)F. The third-order valence-electron chi connectivity index (χ3n) is 5.28. The first-order valence-electron chi connectivity index (χ1n) is 11.4. The second-order valence-corrected chi connectivity index (χ2v) is 8.45. The van der Waals surface area contributed by atoms with Crippen molar-refractivity contribution in [3.8, 4) is 11.5 Å². The molecule has 0 atom stereocenters. The van der Waals surface area contributed by atoms with Gasteiger partial charge in [0.2, 0.25) is 5.91 Å². The van der Waals surface area contributed by atoms with Gasteiger partial charge in [-0.15, -0.1) is 0 Å². The largest absolute Gasteiger partial charge is 0.393 e. The second-order valence-electron chi connectivity index (χ2n) is 8.45. The lowest BCUT2D eigenvalue weighted by Gasteiger charge is -2.18. The average Bonchev–Trinajstić information content (AvgIpc) is 3.17. The van der Waals surface area contributed by atoms with Gasteiger partial charge in [0.05, 0.1) is 36.7 Å². The van der Waals surface area contributed by atoms with E-state index < -0.39 is 72.3 Å². The lowest BCUT2D eigenvalue weighted by atomic mass is 10.1. The first-order valence-corrected chi connectivity index (χ1v) is 11.4. The minimum atomic E-state index is -4.85. The van der Waals surface area contributed by atoms with Crippen molar-refractivity contribution in [3.05, 3.63) is 53.5 Å². The van der Waals surface area contributed by atoms with Crippen LogP contribution in [0.25, 0.3) is 22.6 Å². The van der Waals surface area contributed by atoms with Crippen LogP contribution in [0.15, 0.2) is 30.6 Å². The minimum absolute atomic E-state index is 0.00270. The molecule has 17 heteroatoms. The van der Waals surface area contributed by atoms with E-state index in [1.165, 1.54) is 12.3 Å². The van der Waals surface area contributed by atoms with E-state index in [0.717, 1.165) is 29.9 Å². The molecule has 0 aliphatic heterocycles. The fraction of sp³-hybridized carbons (Fsp3) is 0.304. The van der Waals surface area contributed by atoms with Gasteiger partial charge in [0.15, 0.2) is 11.5 Å². The van der Waals surface area contributed by atoms with E-state index in [9.17, 15) is 39.9 Å². The summed E-state index contributed by atoms with van der Waals surface area (Å²) in [5.41, 5.74) is -1.05. The highest BCUT2D eigenvalue weighted by molar-refractivity contribution is 5.92. The maximum Gasteiger partial charge on any atom is 0.393 e. The van der Waals surface area contributed by atoms with Crippen molar-refractivity contribution in [1.82, 2.24) is 29.7 Å². The van der Waals surface area contributed by atoms with E-state index in [2.05, 4.69) is 35.7 Å². The normalized spacial score (nSPS) is 12.1. The molecular weight excluding hydrogens is 556 g/mol. The van der Waals surface area contributed by atoms with Gasteiger partial charge in [-0.25, -0.2) is 28.4 Å². The first kappa shape index (κ1) is 28.6. The van der Waals surface area contributed by atoms with Crippen molar-refractivity contribution < 1.29 is 39.9 Å². The summed E-state index contributed by atoms with van der Waals surface area (Å²) in [6, 6.07) is 3.47. The number of aromatic nitrogens is 6. The Hall–Kier alpha value is -4.44. The zero-order chi connectivity index (χ0) is 29.2. The fourth-order valence-corrected chi connectivity index (χ4v) is 3.68. The molecule has 0 aliphatic rings. The lowest BCUT2D eigenvalue weighted by Crippen LogP contribution is -2.21. The number of carbonyl (C=O) groups excluding carboxylic acids is 1. The Labute approximate surface area is 219 Å². The number of alkyl halides is 6. The quantitative estimate of drug-likeness (QED) is 0.284. The topological polar surface area (TPSA) is 111 Å². The molecule has 4 heterocycles. The van der Waals surface area contributed by atoms with E-state index in [0.29, 0.717) is 0 Å². The van der Waals surface area contributed by atoms with Gasteiger partial charge >= 0.3 is 12.4 Å². The molecule has 0 saturated heterocycles. The van der Waals surface area contributed by atoms with E-state index in [1.54, 1.807) is 0 Å². The van der Waals surface area contributed by atoms with Gasteiger partial charge in [-0.3, -0.25) is 9.78 Å². The number of carbonyl (C=O) groups is 1. The molecule has 40 heavy (non-hydrogen) atoms. The molecule has 4 rings (SSSR count). The molecule has 212 valence electrons. The third-order valence-corrected chi connectivity index (χ3v) is 5.28. The smallest absolute Gasteiger partial charge is 0.369 e. The van der Waals surface area contributed by atoms with Crippen LogP contribution in [0.3, 0.4) is 0 Å². The van der Waals surface area contributed by atoms with Crippen LogP contribution in [0, 0.1) is 11.6 Å². The number of anilines is 2. The summed E-state index contributed by atoms with van der Waals surface area (Å²) in [6.07, 6.45) is -10.4. The van der Waals surface area contributed by atoms with Crippen LogP contribution in [0.5, 0.6) is 0 Å². The summed E-state index contributed by atoms with van der Waals surface area (Å²) >= 11 is 0. The molecule has 0 fully saturated rings. The number of halogens is 8. The standard InChI is InChI=1S/C23H18F8N8O/c1-11(40)35-19-14(8-23(29,30)31)18(33-6-4-22(26,27)28)36-20(37-19)17-13-7-12(24)9-34-21(13)39(38-17)10-16-15(25)3-2-5-32-16/h2-3,5,7,9H,4,6,8,10H2,1H3,(H2,33,35,36,37,40). The van der Waals surface area contributed by atoms with Gasteiger partial charge in [0.25, 0.3) is 0 Å². The number of nitrogens with one attached hydrogen (secondary N) is 2. The molecule has 0 radical (unpaired) electrons. The summed E-state index contributed by atoms with van der Waals surface area (Å²) in [6.45, 7) is -0.168. The van der Waals surface area contributed by atoms with Crippen LogP contribution in [-0.2, 0) is 17.8 Å². The van der Waals surface area contributed by atoms with E-state index in [1.807, 2.05) is 0 Å². The summed E-state index contributed by atoms with van der Waals surface area (Å²) in [7, 11) is 0. The number of fused-ring (bicyclic) bond motifs is 1. The van der Waals surface area contributed by atoms with Crippen LogP contribution in [0.2, 0.25) is 0 Å². The van der Waals surface area contributed by atoms with Gasteiger partial charge in [-0.2, -0.15) is 31.4 Å². The van der Waals surface area contributed by atoms with Crippen LogP contribution < -0.4 is 10.6 Å². The Kier molecular flexibility index (Phi) is 7.84. The Bertz CT molecular complexity index is 1550. The van der Waals surface area contributed by atoms with E-state index in [-0.39, 0.29) is 29.0 Å². The van der Waals surface area contributed by atoms with Crippen molar-refractivity contribution in [2.24, 2.45) is 0 Å². The number of amides is 1. The summed E-state index contributed by atoms with van der Waals surface area (Å²) in [4.78, 5) is 27.6. The molecule has 4 aromatic rings. The van der Waals surface area contributed by atoms with Gasteiger partial charge in [0, 0.05) is 25.2 Å². The molecule has 0 bridgehead atoms. The Morgan fingerprint density at radius 2 is 1.75 bits per heavy atom. The molecule has 4 aromatic heterocycles. The van der Waals surface area contributed by atoms with Crippen molar-refractivity contribution in [3.63, 3.8) is 0 Å². The number of nitrogens with zero attached hydrogens (tertiary/aromatic N) is 6. The predicted octanol–water partition coefficient (Wildman–Crippen LogP) is 5.04. The Morgan fingerprint density at radius 3 is 2.40 bits per heavy atom. The molecule has 0 unspecified atom stereocenters. The molecule has 2 N–H and O–H groups in total. The van der Waals surface area contributed by atoms with Crippen LogP contribution in [0.1, 0.15) is 24.6 Å².